The van der Waals surface area contributed by atoms with Gasteiger partial charge in [-0.2, -0.15) is 30.4 Å². The van der Waals surface area contributed by atoms with Crippen LogP contribution in [0.15, 0.2) is 47.6 Å². The van der Waals surface area contributed by atoms with E-state index in [1.54, 1.807) is 0 Å². The number of carbonyl (C=O) groups is 1. The van der Waals surface area contributed by atoms with Crippen LogP contribution in [0.3, 0.4) is 0 Å². The first-order chi connectivity index (χ1) is 12.3. The first-order valence-corrected chi connectivity index (χ1v) is 8.53. The third-order valence-electron chi connectivity index (χ3n) is 2.88. The fourth-order valence-corrected chi connectivity index (χ4v) is 2.13. The molecule has 0 fully saturated rings. The summed E-state index contributed by atoms with van der Waals surface area (Å²) in [4.78, 5) is 11.1. The van der Waals surface area contributed by atoms with Crippen molar-refractivity contribution < 1.29 is 44.2 Å². The van der Waals surface area contributed by atoms with Crippen LogP contribution in [0.5, 0.6) is 0 Å². The van der Waals surface area contributed by atoms with Crippen LogP contribution in [0.2, 0.25) is 0 Å². The zero-order valence-electron chi connectivity index (χ0n) is 13.8. The fourth-order valence-electron chi connectivity index (χ4n) is 1.52. The normalized spacial score (nSPS) is 13.2. The molecule has 0 heterocycles. The second-order valence-electron chi connectivity index (χ2n) is 5.14. The molecular weight excluding hydrogens is 401 g/mol. The highest BCUT2D eigenvalue weighted by Gasteiger charge is 2.48. The number of ether oxygens (including phenoxy) is 1. The smallest absolute Gasteiger partial charge is 0.437 e. The number of rotatable bonds is 8. The summed E-state index contributed by atoms with van der Waals surface area (Å²) in [6.45, 7) is 3.39. The predicted molar refractivity (Wildman–Crippen MR) is 84.4 cm³/mol. The van der Waals surface area contributed by atoms with Crippen LogP contribution in [-0.2, 0) is 23.9 Å². The monoisotopic (exact) mass is 415 g/mol. The van der Waals surface area contributed by atoms with E-state index in [1.807, 2.05) is 0 Å². The molecule has 0 aliphatic carbocycles. The van der Waals surface area contributed by atoms with Crippen molar-refractivity contribution in [3.63, 3.8) is 0 Å². The molecule has 0 aromatic heterocycles. The van der Waals surface area contributed by atoms with E-state index in [1.165, 1.54) is 25.1 Å². The predicted octanol–water partition coefficient (Wildman–Crippen LogP) is 3.40. The molecule has 1 aromatic carbocycles. The van der Waals surface area contributed by atoms with Gasteiger partial charge in [-0.25, -0.2) is 4.79 Å². The molecule has 1 rings (SSSR count). The number of oxime groups is 1. The van der Waals surface area contributed by atoms with Crippen LogP contribution < -0.4 is 0 Å². The topological polar surface area (TPSA) is 82.0 Å². The largest absolute Gasteiger partial charge is 0.462 e. The minimum atomic E-state index is -5.88. The SMILES string of the molecule is C=C(C)C(=O)OCCC(F)(F)S(=O)(=O)ON=C(c1ccccc1)C(F)(F)F. The lowest BCUT2D eigenvalue weighted by molar-refractivity contribution is -0.140. The van der Waals surface area contributed by atoms with Gasteiger partial charge in [0.2, 0.25) is 0 Å². The zero-order valence-corrected chi connectivity index (χ0v) is 14.6. The van der Waals surface area contributed by atoms with Crippen LogP contribution in [0, 0.1) is 0 Å². The number of halogens is 5. The number of esters is 1. The third-order valence-corrected chi connectivity index (χ3v) is 4.09. The highest BCUT2D eigenvalue weighted by Crippen LogP contribution is 2.29. The van der Waals surface area contributed by atoms with Crippen molar-refractivity contribution >= 4 is 21.8 Å². The molecule has 0 amide bonds. The first-order valence-electron chi connectivity index (χ1n) is 7.12. The number of hydrogen-bond donors (Lipinski definition) is 0. The maximum Gasteiger partial charge on any atom is 0.437 e. The van der Waals surface area contributed by atoms with Gasteiger partial charge < -0.3 is 4.74 Å². The minimum absolute atomic E-state index is 0.111. The van der Waals surface area contributed by atoms with Gasteiger partial charge in [-0.1, -0.05) is 42.1 Å². The maximum absolute atomic E-state index is 13.7. The van der Waals surface area contributed by atoms with E-state index in [4.69, 9.17) is 0 Å². The number of nitrogens with zero attached hydrogens (tertiary/aromatic N) is 1. The molecular formula is C15H14F5NO5S. The summed E-state index contributed by atoms with van der Waals surface area (Å²) in [6, 6.07) is 5.68. The minimum Gasteiger partial charge on any atom is -0.462 e. The van der Waals surface area contributed by atoms with Gasteiger partial charge >= 0.3 is 27.5 Å². The van der Waals surface area contributed by atoms with Crippen LogP contribution in [-0.4, -0.2) is 38.1 Å². The Morgan fingerprint density at radius 3 is 2.19 bits per heavy atom. The Labute approximate surface area is 151 Å². The Bertz CT molecular complexity index is 819. The second-order valence-corrected chi connectivity index (χ2v) is 6.79. The van der Waals surface area contributed by atoms with E-state index in [9.17, 15) is 35.2 Å². The number of benzene rings is 1. The second kappa shape index (κ2) is 8.46. The van der Waals surface area contributed by atoms with Gasteiger partial charge in [0.1, 0.15) is 0 Å². The summed E-state index contributed by atoms with van der Waals surface area (Å²) in [5.41, 5.74) is -2.50. The zero-order chi connectivity index (χ0) is 20.9. The van der Waals surface area contributed by atoms with Crippen LogP contribution in [0.1, 0.15) is 18.9 Å². The van der Waals surface area contributed by atoms with Crippen LogP contribution in [0.25, 0.3) is 0 Å². The molecule has 0 unspecified atom stereocenters. The molecule has 0 saturated heterocycles. The fraction of sp³-hybridized carbons (Fsp3) is 0.333. The number of alkyl halides is 5. The van der Waals surface area contributed by atoms with Gasteiger partial charge in [0.15, 0.2) is 5.71 Å². The van der Waals surface area contributed by atoms with Gasteiger partial charge in [0.05, 0.1) is 13.0 Å². The highest BCUT2D eigenvalue weighted by atomic mass is 32.2. The van der Waals surface area contributed by atoms with Crippen molar-refractivity contribution in [3.8, 4) is 0 Å². The van der Waals surface area contributed by atoms with E-state index in [2.05, 4.69) is 20.8 Å². The van der Waals surface area contributed by atoms with Gasteiger partial charge in [-0.05, 0) is 6.92 Å². The van der Waals surface area contributed by atoms with E-state index in [0.717, 1.165) is 12.1 Å². The Kier molecular flexibility index (Phi) is 7.06. The molecule has 12 heteroatoms. The summed E-state index contributed by atoms with van der Waals surface area (Å²) < 4.78 is 97.4. The van der Waals surface area contributed by atoms with Gasteiger partial charge in [-0.3, -0.25) is 4.28 Å². The van der Waals surface area contributed by atoms with Crippen molar-refractivity contribution in [2.75, 3.05) is 6.61 Å². The van der Waals surface area contributed by atoms with Gasteiger partial charge in [0, 0.05) is 11.1 Å². The molecule has 6 nitrogen and oxygen atoms in total. The molecule has 0 N–H and O–H groups in total. The molecule has 0 radical (unpaired) electrons. The Balaban J connectivity index is 2.97. The van der Waals surface area contributed by atoms with Gasteiger partial charge in [0.25, 0.3) is 0 Å². The lowest BCUT2D eigenvalue weighted by atomic mass is 10.1. The molecule has 0 spiro atoms. The molecule has 0 saturated carbocycles. The molecule has 27 heavy (non-hydrogen) atoms. The summed E-state index contributed by atoms with van der Waals surface area (Å²) in [6.07, 6.45) is -6.71. The standard InChI is InChI=1S/C15H14F5NO5S/c1-10(2)13(22)25-9-8-14(16,17)27(23,24)26-21-12(15(18,19)20)11-6-4-3-5-7-11/h3-7H,1,8-9H2,2H3. The van der Waals surface area contributed by atoms with Crippen LogP contribution >= 0.6 is 0 Å². The summed E-state index contributed by atoms with van der Waals surface area (Å²) in [7, 11) is -5.88. The summed E-state index contributed by atoms with van der Waals surface area (Å²) in [5, 5.41) is -2.28. The van der Waals surface area contributed by atoms with Crippen molar-refractivity contribution in [1.29, 1.82) is 0 Å². The molecule has 1 aromatic rings. The average molecular weight is 415 g/mol. The highest BCUT2D eigenvalue weighted by molar-refractivity contribution is 7.87. The summed E-state index contributed by atoms with van der Waals surface area (Å²) in [5.74, 6) is -1.04. The molecule has 0 aliphatic rings. The first kappa shape index (κ1) is 22.5. The molecule has 0 bridgehead atoms. The Hall–Kier alpha value is -2.50. The lowest BCUT2D eigenvalue weighted by Gasteiger charge is -2.16. The Morgan fingerprint density at radius 1 is 1.15 bits per heavy atom. The third kappa shape index (κ3) is 6.31. The number of carbonyl (C=O) groups excluding carboxylic acids is 1. The maximum atomic E-state index is 13.7. The molecule has 0 atom stereocenters. The Morgan fingerprint density at radius 2 is 1.70 bits per heavy atom. The van der Waals surface area contributed by atoms with E-state index in [-0.39, 0.29) is 5.57 Å². The van der Waals surface area contributed by atoms with Crippen molar-refractivity contribution in [2.45, 2.75) is 24.8 Å². The van der Waals surface area contributed by atoms with Crippen molar-refractivity contribution in [1.82, 2.24) is 0 Å². The van der Waals surface area contributed by atoms with Crippen molar-refractivity contribution in [3.05, 3.63) is 48.0 Å². The molecule has 0 aliphatic heterocycles. The van der Waals surface area contributed by atoms with E-state index in [0.29, 0.717) is 0 Å². The molecule has 150 valence electrons. The van der Waals surface area contributed by atoms with Crippen molar-refractivity contribution in [2.24, 2.45) is 5.16 Å². The van der Waals surface area contributed by atoms with Gasteiger partial charge in [-0.15, -0.1) is 0 Å². The number of hydrogen-bond acceptors (Lipinski definition) is 6. The summed E-state index contributed by atoms with van der Waals surface area (Å²) >= 11 is 0. The van der Waals surface area contributed by atoms with E-state index < -0.39 is 51.8 Å². The quantitative estimate of drug-likeness (QED) is 0.214. The van der Waals surface area contributed by atoms with E-state index >= 15 is 0 Å². The van der Waals surface area contributed by atoms with Crippen LogP contribution in [0.4, 0.5) is 22.0 Å². The average Bonchev–Trinajstić information content (AvgIpc) is 2.54. The lowest BCUT2D eigenvalue weighted by Crippen LogP contribution is -2.32.